The van der Waals surface area contributed by atoms with E-state index in [-0.39, 0.29) is 17.5 Å². The van der Waals surface area contributed by atoms with Crippen molar-refractivity contribution < 1.29 is 13.6 Å². The molecule has 0 saturated carbocycles. The summed E-state index contributed by atoms with van der Waals surface area (Å²) in [6.07, 6.45) is 7.38. The molecule has 0 saturated heterocycles. The van der Waals surface area contributed by atoms with Crippen LogP contribution in [0.25, 0.3) is 11.0 Å². The molecule has 3 aromatic heterocycles. The number of alkyl halides is 2. The van der Waals surface area contributed by atoms with Gasteiger partial charge < -0.3 is 10.3 Å². The van der Waals surface area contributed by atoms with E-state index in [0.29, 0.717) is 11.2 Å². The Labute approximate surface area is 188 Å². The quantitative estimate of drug-likeness (QED) is 0.383. The average molecular weight is 456 g/mol. The van der Waals surface area contributed by atoms with Crippen LogP contribution < -0.4 is 5.32 Å². The lowest BCUT2D eigenvalue weighted by atomic mass is 10.0. The van der Waals surface area contributed by atoms with Gasteiger partial charge in [0.1, 0.15) is 5.69 Å². The maximum Gasteiger partial charge on any atom is 0.270 e. The third kappa shape index (κ3) is 5.16. The summed E-state index contributed by atoms with van der Waals surface area (Å²) in [4.78, 5) is 29.3. The summed E-state index contributed by atoms with van der Waals surface area (Å²) in [7, 11) is 0. The van der Waals surface area contributed by atoms with Gasteiger partial charge in [-0.05, 0) is 37.8 Å². The maximum atomic E-state index is 13.3. The molecule has 4 rings (SSSR count). The van der Waals surface area contributed by atoms with E-state index in [1.165, 1.54) is 12.1 Å². The summed E-state index contributed by atoms with van der Waals surface area (Å²) in [6.45, 7) is 2.81. The fourth-order valence-corrected chi connectivity index (χ4v) is 4.31. The number of halogens is 2. The van der Waals surface area contributed by atoms with Crippen LogP contribution in [-0.4, -0.2) is 25.8 Å². The van der Waals surface area contributed by atoms with E-state index in [0.717, 1.165) is 47.2 Å². The predicted octanol–water partition coefficient (Wildman–Crippen LogP) is 5.19. The summed E-state index contributed by atoms with van der Waals surface area (Å²) < 4.78 is 26.6. The largest absolute Gasteiger partial charge is 0.343 e. The molecule has 0 aliphatic carbocycles. The number of hydrogen-bond donors (Lipinski definition) is 2. The Morgan fingerprint density at radius 1 is 1.16 bits per heavy atom. The number of nitrogens with zero attached hydrogens (tertiary/aromatic N) is 3. The first-order valence-corrected chi connectivity index (χ1v) is 11.1. The molecule has 166 valence electrons. The van der Waals surface area contributed by atoms with Crippen LogP contribution in [0.2, 0.25) is 0 Å². The van der Waals surface area contributed by atoms with Gasteiger partial charge in [-0.15, -0.1) is 11.3 Å². The molecule has 4 aromatic rings. The van der Waals surface area contributed by atoms with Gasteiger partial charge in [0, 0.05) is 23.6 Å². The molecule has 1 aromatic carbocycles. The van der Waals surface area contributed by atoms with Gasteiger partial charge >= 0.3 is 0 Å². The molecular weight excluding hydrogens is 432 g/mol. The highest BCUT2D eigenvalue weighted by Gasteiger charge is 2.23. The van der Waals surface area contributed by atoms with Crippen molar-refractivity contribution in [2.75, 3.05) is 0 Å². The van der Waals surface area contributed by atoms with E-state index >= 15 is 0 Å². The normalized spacial score (nSPS) is 12.8. The topological polar surface area (TPSA) is 83.6 Å². The monoisotopic (exact) mass is 455 g/mol. The molecule has 1 unspecified atom stereocenters. The number of aromatic amines is 1. The standard InChI is InChI=1S/C23H23F2N5OS/c1-14(30-22(31)18-10-17-19(11-26-18)29-13-28-17)20-12-27-21(32-20)5-3-4-15-6-8-16(9-7-15)23(2,24)25/h6-14H,3-5H2,1-2H3,(H,28,29)(H,30,31). The van der Waals surface area contributed by atoms with Crippen molar-refractivity contribution in [2.45, 2.75) is 45.1 Å². The Balaban J connectivity index is 1.29. The number of aryl methyl sites for hydroxylation is 2. The zero-order chi connectivity index (χ0) is 22.7. The Kier molecular flexibility index (Phi) is 6.27. The highest BCUT2D eigenvalue weighted by atomic mass is 32.1. The van der Waals surface area contributed by atoms with E-state index in [1.807, 2.05) is 6.92 Å². The van der Waals surface area contributed by atoms with Crippen LogP contribution in [0.4, 0.5) is 8.78 Å². The van der Waals surface area contributed by atoms with Crippen LogP contribution in [0, 0.1) is 0 Å². The smallest absolute Gasteiger partial charge is 0.270 e. The summed E-state index contributed by atoms with van der Waals surface area (Å²) in [6, 6.07) is 7.94. The zero-order valence-corrected chi connectivity index (χ0v) is 18.5. The number of imidazole rings is 1. The highest BCUT2D eigenvalue weighted by molar-refractivity contribution is 7.11. The Hall–Kier alpha value is -3.20. The number of carbonyl (C=O) groups excluding carboxylic acids is 1. The van der Waals surface area contributed by atoms with Crippen molar-refractivity contribution in [1.29, 1.82) is 0 Å². The fourth-order valence-electron chi connectivity index (χ4n) is 3.35. The van der Waals surface area contributed by atoms with Crippen LogP contribution in [-0.2, 0) is 18.8 Å². The molecule has 0 aliphatic rings. The second kappa shape index (κ2) is 9.12. The van der Waals surface area contributed by atoms with Crippen molar-refractivity contribution in [3.05, 3.63) is 75.8 Å². The van der Waals surface area contributed by atoms with Crippen molar-refractivity contribution in [1.82, 2.24) is 25.3 Å². The van der Waals surface area contributed by atoms with Gasteiger partial charge in [-0.2, -0.15) is 0 Å². The predicted molar refractivity (Wildman–Crippen MR) is 120 cm³/mol. The number of amides is 1. The second-order valence-corrected chi connectivity index (χ2v) is 8.93. The van der Waals surface area contributed by atoms with Crippen molar-refractivity contribution >= 4 is 28.3 Å². The number of nitrogens with one attached hydrogen (secondary N) is 2. The number of benzene rings is 1. The Morgan fingerprint density at radius 2 is 1.94 bits per heavy atom. The van der Waals surface area contributed by atoms with Gasteiger partial charge in [-0.3, -0.25) is 4.79 Å². The summed E-state index contributed by atoms with van der Waals surface area (Å²) in [5.74, 6) is -3.08. The van der Waals surface area contributed by atoms with Gasteiger partial charge in [0.2, 0.25) is 0 Å². The second-order valence-electron chi connectivity index (χ2n) is 7.78. The van der Waals surface area contributed by atoms with Crippen LogP contribution >= 0.6 is 11.3 Å². The molecule has 2 N–H and O–H groups in total. The molecular formula is C23H23F2N5OS. The van der Waals surface area contributed by atoms with E-state index < -0.39 is 5.92 Å². The number of pyridine rings is 1. The molecule has 32 heavy (non-hydrogen) atoms. The van der Waals surface area contributed by atoms with Gasteiger partial charge in [0.25, 0.3) is 11.8 Å². The molecule has 6 nitrogen and oxygen atoms in total. The minimum absolute atomic E-state index is 0.0290. The molecule has 0 bridgehead atoms. The maximum absolute atomic E-state index is 13.3. The van der Waals surface area contributed by atoms with E-state index in [2.05, 4.69) is 25.3 Å². The molecule has 1 atom stereocenters. The minimum Gasteiger partial charge on any atom is -0.343 e. The van der Waals surface area contributed by atoms with Gasteiger partial charge in [0.05, 0.1) is 34.6 Å². The average Bonchev–Trinajstić information content (AvgIpc) is 3.42. The number of fused-ring (bicyclic) bond motifs is 1. The minimum atomic E-state index is -2.82. The zero-order valence-electron chi connectivity index (χ0n) is 17.7. The molecule has 0 radical (unpaired) electrons. The number of carbonyl (C=O) groups is 1. The lowest BCUT2D eigenvalue weighted by molar-refractivity contribution is 0.0174. The number of aromatic nitrogens is 4. The first-order chi connectivity index (χ1) is 15.3. The number of H-pyrrole nitrogens is 1. The van der Waals surface area contributed by atoms with Crippen molar-refractivity contribution in [2.24, 2.45) is 0 Å². The van der Waals surface area contributed by atoms with Crippen LogP contribution in [0.1, 0.15) is 57.8 Å². The number of rotatable bonds is 8. The highest BCUT2D eigenvalue weighted by Crippen LogP contribution is 2.27. The third-order valence-electron chi connectivity index (χ3n) is 5.20. The SMILES string of the molecule is CC(NC(=O)c1cc2nc[nH]c2cn1)c1cnc(CCCc2ccc(C(C)(F)F)cc2)s1. The fraction of sp³-hybridized carbons (Fsp3) is 0.304. The first kappa shape index (κ1) is 22.0. The van der Waals surface area contributed by atoms with E-state index in [4.69, 9.17) is 0 Å². The van der Waals surface area contributed by atoms with Crippen LogP contribution in [0.5, 0.6) is 0 Å². The number of hydrogen-bond acceptors (Lipinski definition) is 5. The lowest BCUT2D eigenvalue weighted by Crippen LogP contribution is -2.26. The molecule has 9 heteroatoms. The number of thiazole rings is 1. The molecule has 0 spiro atoms. The van der Waals surface area contributed by atoms with Gasteiger partial charge in [-0.1, -0.05) is 24.3 Å². The Bertz CT molecular complexity index is 1210. The van der Waals surface area contributed by atoms with Gasteiger partial charge in [-0.25, -0.2) is 23.7 Å². The van der Waals surface area contributed by atoms with Crippen LogP contribution in [0.15, 0.2) is 49.1 Å². The lowest BCUT2D eigenvalue weighted by Gasteiger charge is -2.11. The van der Waals surface area contributed by atoms with Gasteiger partial charge in [0.15, 0.2) is 0 Å². The molecule has 3 heterocycles. The van der Waals surface area contributed by atoms with Crippen molar-refractivity contribution in [3.63, 3.8) is 0 Å². The van der Waals surface area contributed by atoms with E-state index in [9.17, 15) is 13.6 Å². The summed E-state index contributed by atoms with van der Waals surface area (Å²) in [5.41, 5.74) is 2.84. The first-order valence-electron chi connectivity index (χ1n) is 10.3. The molecule has 0 aliphatic heterocycles. The Morgan fingerprint density at radius 3 is 2.69 bits per heavy atom. The van der Waals surface area contributed by atoms with Crippen molar-refractivity contribution in [3.8, 4) is 0 Å². The van der Waals surface area contributed by atoms with Crippen LogP contribution in [0.3, 0.4) is 0 Å². The molecule has 0 fully saturated rings. The van der Waals surface area contributed by atoms with E-state index in [1.54, 1.807) is 48.3 Å². The molecule has 1 amide bonds. The summed E-state index contributed by atoms with van der Waals surface area (Å²) in [5, 5.41) is 3.93. The summed E-state index contributed by atoms with van der Waals surface area (Å²) >= 11 is 1.56. The third-order valence-corrected chi connectivity index (χ3v) is 6.44.